The van der Waals surface area contributed by atoms with E-state index in [1.807, 2.05) is 0 Å². The summed E-state index contributed by atoms with van der Waals surface area (Å²) in [5, 5.41) is 9.96. The molecule has 1 saturated carbocycles. The minimum absolute atomic E-state index is 0.0385. The summed E-state index contributed by atoms with van der Waals surface area (Å²) < 4.78 is 13.1. The Morgan fingerprint density at radius 2 is 2.11 bits per heavy atom. The Morgan fingerprint density at radius 3 is 2.74 bits per heavy atom. The second-order valence-corrected chi connectivity index (χ2v) is 5.07. The highest BCUT2D eigenvalue weighted by Gasteiger charge is 2.29. The van der Waals surface area contributed by atoms with Gasteiger partial charge in [0.2, 0.25) is 0 Å². The molecule has 1 amide bonds. The number of carbonyl (C=O) groups is 1. The minimum atomic E-state index is -0.531. The van der Waals surface area contributed by atoms with E-state index in [2.05, 4.69) is 0 Å². The van der Waals surface area contributed by atoms with Gasteiger partial charge in [-0.15, -0.1) is 0 Å². The van der Waals surface area contributed by atoms with Gasteiger partial charge in [-0.2, -0.15) is 0 Å². The molecule has 0 saturated heterocycles. The Balaban J connectivity index is 2.15. The highest BCUT2D eigenvalue weighted by molar-refractivity contribution is 5.95. The van der Waals surface area contributed by atoms with Crippen LogP contribution in [0.1, 0.15) is 36.0 Å². The molecule has 1 aromatic rings. The molecule has 0 aromatic heterocycles. The number of hydrogen-bond acceptors (Lipinski definition) is 3. The first-order valence-corrected chi connectivity index (χ1v) is 6.51. The molecule has 19 heavy (non-hydrogen) atoms. The van der Waals surface area contributed by atoms with Gasteiger partial charge in [0.15, 0.2) is 0 Å². The maximum atomic E-state index is 13.1. The average molecular weight is 266 g/mol. The molecule has 0 heterocycles. The molecule has 5 heteroatoms. The molecule has 0 spiro atoms. The molecular weight excluding hydrogens is 247 g/mol. The zero-order valence-corrected chi connectivity index (χ0v) is 11.0. The number of halogens is 1. The third kappa shape index (κ3) is 2.87. The minimum Gasteiger partial charge on any atom is -0.396 e. The highest BCUT2D eigenvalue weighted by Crippen LogP contribution is 2.24. The first-order valence-electron chi connectivity index (χ1n) is 6.51. The summed E-state index contributed by atoms with van der Waals surface area (Å²) in [6.45, 7) is 0. The van der Waals surface area contributed by atoms with Gasteiger partial charge in [-0.05, 0) is 31.0 Å². The third-order valence-corrected chi connectivity index (χ3v) is 3.75. The molecule has 1 aliphatic carbocycles. The second kappa shape index (κ2) is 5.57. The van der Waals surface area contributed by atoms with E-state index in [1.165, 1.54) is 23.1 Å². The molecule has 104 valence electrons. The molecule has 0 bridgehead atoms. The molecule has 2 atom stereocenters. The second-order valence-electron chi connectivity index (χ2n) is 5.07. The Morgan fingerprint density at radius 1 is 1.42 bits per heavy atom. The molecular formula is C14H19FN2O2. The van der Waals surface area contributed by atoms with Crippen molar-refractivity contribution in [1.29, 1.82) is 0 Å². The Labute approximate surface area is 112 Å². The highest BCUT2D eigenvalue weighted by atomic mass is 19.1. The summed E-state index contributed by atoms with van der Waals surface area (Å²) in [4.78, 5) is 13.8. The number of aliphatic hydroxyl groups excluding tert-OH is 1. The first kappa shape index (κ1) is 13.8. The summed E-state index contributed by atoms with van der Waals surface area (Å²) in [6.07, 6.45) is 3.02. The topological polar surface area (TPSA) is 66.6 Å². The number of nitrogens with two attached hydrogens (primary N) is 1. The van der Waals surface area contributed by atoms with E-state index in [0.717, 1.165) is 19.3 Å². The number of carbonyl (C=O) groups excluding carboxylic acids is 1. The van der Waals surface area contributed by atoms with Gasteiger partial charge < -0.3 is 15.7 Å². The molecule has 2 unspecified atom stereocenters. The number of amides is 1. The van der Waals surface area contributed by atoms with Crippen molar-refractivity contribution in [3.63, 3.8) is 0 Å². The van der Waals surface area contributed by atoms with Crippen molar-refractivity contribution in [1.82, 2.24) is 4.90 Å². The Hall–Kier alpha value is -1.62. The maximum absolute atomic E-state index is 13.1. The van der Waals surface area contributed by atoms with Gasteiger partial charge in [-0.25, -0.2) is 4.39 Å². The van der Waals surface area contributed by atoms with Crippen LogP contribution in [0.5, 0.6) is 0 Å². The fourth-order valence-electron chi connectivity index (χ4n) is 2.57. The van der Waals surface area contributed by atoms with Gasteiger partial charge in [0, 0.05) is 12.6 Å². The molecule has 0 aliphatic heterocycles. The van der Waals surface area contributed by atoms with Crippen LogP contribution in [0.2, 0.25) is 0 Å². The van der Waals surface area contributed by atoms with Crippen molar-refractivity contribution in [2.75, 3.05) is 12.8 Å². The average Bonchev–Trinajstić information content (AvgIpc) is 2.41. The van der Waals surface area contributed by atoms with Crippen molar-refractivity contribution in [3.05, 3.63) is 29.6 Å². The van der Waals surface area contributed by atoms with Crippen LogP contribution in [-0.2, 0) is 0 Å². The molecule has 1 aliphatic rings. The standard InChI is InChI=1S/C14H19FN2O2/c1-17(12-4-2-3-5-13(12)18)14(19)9-6-7-10(15)11(16)8-9/h6-8,12-13,18H,2-5,16H2,1H3. The smallest absolute Gasteiger partial charge is 0.254 e. The number of anilines is 1. The van der Waals surface area contributed by atoms with E-state index in [1.54, 1.807) is 7.05 Å². The van der Waals surface area contributed by atoms with Crippen LogP contribution in [0, 0.1) is 5.82 Å². The van der Waals surface area contributed by atoms with Crippen molar-refractivity contribution >= 4 is 11.6 Å². The van der Waals surface area contributed by atoms with Gasteiger partial charge in [-0.3, -0.25) is 4.79 Å². The fraction of sp³-hybridized carbons (Fsp3) is 0.500. The van der Waals surface area contributed by atoms with E-state index in [9.17, 15) is 14.3 Å². The number of rotatable bonds is 2. The predicted molar refractivity (Wildman–Crippen MR) is 71.2 cm³/mol. The lowest BCUT2D eigenvalue weighted by Gasteiger charge is -2.35. The lowest BCUT2D eigenvalue weighted by molar-refractivity contribution is 0.0268. The zero-order valence-electron chi connectivity index (χ0n) is 11.0. The van der Waals surface area contributed by atoms with Crippen LogP contribution < -0.4 is 5.73 Å². The first-order chi connectivity index (χ1) is 9.00. The lowest BCUT2D eigenvalue weighted by atomic mass is 9.91. The third-order valence-electron chi connectivity index (χ3n) is 3.75. The van der Waals surface area contributed by atoms with Crippen LogP contribution in [0.25, 0.3) is 0 Å². The van der Waals surface area contributed by atoms with Crippen LogP contribution >= 0.6 is 0 Å². The van der Waals surface area contributed by atoms with E-state index in [0.29, 0.717) is 12.0 Å². The number of nitrogen functional groups attached to an aromatic ring is 1. The summed E-state index contributed by atoms with van der Waals surface area (Å²) in [7, 11) is 1.67. The normalized spacial score (nSPS) is 23.1. The number of likely N-dealkylation sites (N-methyl/N-ethyl adjacent to an activating group) is 1. The number of hydrogen-bond donors (Lipinski definition) is 2. The molecule has 3 N–H and O–H groups in total. The molecule has 4 nitrogen and oxygen atoms in total. The van der Waals surface area contributed by atoms with Gasteiger partial charge in [0.1, 0.15) is 5.82 Å². The van der Waals surface area contributed by atoms with Crippen molar-refractivity contribution in [2.45, 2.75) is 37.8 Å². The summed E-state index contributed by atoms with van der Waals surface area (Å²) in [5.74, 6) is -0.769. The van der Waals surface area contributed by atoms with Gasteiger partial charge in [0.25, 0.3) is 5.91 Å². The van der Waals surface area contributed by atoms with Crippen molar-refractivity contribution in [3.8, 4) is 0 Å². The van der Waals surface area contributed by atoms with E-state index >= 15 is 0 Å². The summed E-state index contributed by atoms with van der Waals surface area (Å²) in [5.41, 5.74) is 5.78. The molecule has 0 radical (unpaired) electrons. The van der Waals surface area contributed by atoms with Crippen molar-refractivity contribution in [2.24, 2.45) is 0 Å². The van der Waals surface area contributed by atoms with Crippen molar-refractivity contribution < 1.29 is 14.3 Å². The molecule has 1 aromatic carbocycles. The van der Waals surface area contributed by atoms with E-state index in [4.69, 9.17) is 5.73 Å². The summed E-state index contributed by atoms with van der Waals surface area (Å²) in [6, 6.07) is 3.77. The number of benzene rings is 1. The molecule has 2 rings (SSSR count). The quantitative estimate of drug-likeness (QED) is 0.802. The zero-order chi connectivity index (χ0) is 14.0. The van der Waals surface area contributed by atoms with E-state index < -0.39 is 11.9 Å². The molecule has 1 fully saturated rings. The van der Waals surface area contributed by atoms with Crippen LogP contribution in [0.4, 0.5) is 10.1 Å². The van der Waals surface area contributed by atoms with Gasteiger partial charge in [-0.1, -0.05) is 12.8 Å². The predicted octanol–water partition coefficient (Wildman–Crippen LogP) is 1.78. The van der Waals surface area contributed by atoms with Gasteiger partial charge >= 0.3 is 0 Å². The number of nitrogens with zero attached hydrogens (tertiary/aromatic N) is 1. The van der Waals surface area contributed by atoms with Crippen LogP contribution in [0.3, 0.4) is 0 Å². The lowest BCUT2D eigenvalue weighted by Crippen LogP contribution is -2.46. The summed E-state index contributed by atoms with van der Waals surface area (Å²) >= 11 is 0. The van der Waals surface area contributed by atoms with E-state index in [-0.39, 0.29) is 17.6 Å². The largest absolute Gasteiger partial charge is 0.396 e. The van der Waals surface area contributed by atoms with Crippen LogP contribution in [-0.4, -0.2) is 35.1 Å². The monoisotopic (exact) mass is 266 g/mol. The Bertz CT molecular complexity index is 479. The fourth-order valence-corrected chi connectivity index (χ4v) is 2.57. The maximum Gasteiger partial charge on any atom is 0.254 e. The van der Waals surface area contributed by atoms with Crippen LogP contribution in [0.15, 0.2) is 18.2 Å². The SMILES string of the molecule is CN(C(=O)c1ccc(F)c(N)c1)C1CCCCC1O. The van der Waals surface area contributed by atoms with Gasteiger partial charge in [0.05, 0.1) is 17.8 Å². The Kier molecular flexibility index (Phi) is 4.04. The number of aliphatic hydroxyl groups is 1.